The first-order valence-corrected chi connectivity index (χ1v) is 8.37. The second-order valence-corrected chi connectivity index (χ2v) is 6.24. The summed E-state index contributed by atoms with van der Waals surface area (Å²) in [5, 5.41) is 6.23. The van der Waals surface area contributed by atoms with E-state index in [0.717, 1.165) is 36.2 Å². The fourth-order valence-corrected chi connectivity index (χ4v) is 3.47. The van der Waals surface area contributed by atoms with E-state index < -0.39 is 0 Å². The molecule has 8 nitrogen and oxygen atoms in total. The molecule has 3 aromatic rings. The van der Waals surface area contributed by atoms with Crippen molar-refractivity contribution in [2.45, 2.75) is 25.4 Å². The van der Waals surface area contributed by atoms with Crippen LogP contribution < -0.4 is 5.32 Å². The molecule has 0 saturated carbocycles. The van der Waals surface area contributed by atoms with E-state index in [-0.39, 0.29) is 17.8 Å². The van der Waals surface area contributed by atoms with Crippen LogP contribution in [0.5, 0.6) is 0 Å². The van der Waals surface area contributed by atoms with E-state index in [2.05, 4.69) is 38.0 Å². The SMILES string of the molecule is CNC(=O)c1noc(CN2CCC[C@@H]2c2nc3ccccc3n2C)n1. The molecule has 1 fully saturated rings. The third kappa shape index (κ3) is 2.78. The lowest BCUT2D eigenvalue weighted by atomic mass is 10.2. The Morgan fingerprint density at radius 3 is 3.00 bits per heavy atom. The van der Waals surface area contributed by atoms with Crippen LogP contribution in [-0.2, 0) is 13.6 Å². The second-order valence-electron chi connectivity index (χ2n) is 6.24. The number of nitrogens with zero attached hydrogens (tertiary/aromatic N) is 5. The van der Waals surface area contributed by atoms with Gasteiger partial charge in [0.1, 0.15) is 5.82 Å². The molecule has 25 heavy (non-hydrogen) atoms. The van der Waals surface area contributed by atoms with Gasteiger partial charge in [0, 0.05) is 14.1 Å². The molecule has 0 radical (unpaired) electrons. The van der Waals surface area contributed by atoms with Gasteiger partial charge in [0.05, 0.1) is 23.6 Å². The van der Waals surface area contributed by atoms with Crippen LogP contribution in [0.1, 0.15) is 41.2 Å². The zero-order valence-electron chi connectivity index (χ0n) is 14.3. The lowest BCUT2D eigenvalue weighted by molar-refractivity contribution is 0.0950. The fourth-order valence-electron chi connectivity index (χ4n) is 3.47. The summed E-state index contributed by atoms with van der Waals surface area (Å²) < 4.78 is 7.39. The minimum atomic E-state index is -0.344. The first-order chi connectivity index (χ1) is 12.2. The van der Waals surface area contributed by atoms with Crippen LogP contribution in [0.3, 0.4) is 0 Å². The molecule has 1 N–H and O–H groups in total. The van der Waals surface area contributed by atoms with Crippen LogP contribution in [0.4, 0.5) is 0 Å². The molecule has 1 aliphatic heterocycles. The molecule has 2 aromatic heterocycles. The van der Waals surface area contributed by atoms with Gasteiger partial charge in [-0.1, -0.05) is 17.3 Å². The highest BCUT2D eigenvalue weighted by Crippen LogP contribution is 2.33. The van der Waals surface area contributed by atoms with Crippen molar-refractivity contribution in [2.75, 3.05) is 13.6 Å². The van der Waals surface area contributed by atoms with Crippen LogP contribution >= 0.6 is 0 Å². The molecule has 1 aliphatic rings. The summed E-state index contributed by atoms with van der Waals surface area (Å²) in [5.41, 5.74) is 2.13. The molecule has 0 aliphatic carbocycles. The van der Waals surface area contributed by atoms with Crippen molar-refractivity contribution in [3.63, 3.8) is 0 Å². The molecular formula is C17H20N6O2. The maximum absolute atomic E-state index is 11.6. The monoisotopic (exact) mass is 340 g/mol. The molecule has 0 bridgehead atoms. The predicted molar refractivity (Wildman–Crippen MR) is 90.8 cm³/mol. The normalized spacial score (nSPS) is 18.1. The highest BCUT2D eigenvalue weighted by Gasteiger charge is 2.31. The van der Waals surface area contributed by atoms with Crippen molar-refractivity contribution >= 4 is 16.9 Å². The molecule has 1 amide bonds. The van der Waals surface area contributed by atoms with Crippen LogP contribution in [0.25, 0.3) is 11.0 Å². The molecule has 1 atom stereocenters. The molecule has 0 unspecified atom stereocenters. The summed E-state index contributed by atoms with van der Waals surface area (Å²) >= 11 is 0. The standard InChI is InChI=1S/C17H20N6O2/c1-18-17(24)15-20-14(25-21-15)10-23-9-5-8-13(23)16-19-11-6-3-4-7-12(11)22(16)2/h3-4,6-7,13H,5,8-10H2,1-2H3,(H,18,24)/t13-/m1/s1. The van der Waals surface area contributed by atoms with Crippen molar-refractivity contribution in [1.29, 1.82) is 0 Å². The van der Waals surface area contributed by atoms with Gasteiger partial charge < -0.3 is 14.4 Å². The summed E-state index contributed by atoms with van der Waals surface area (Å²) in [6.45, 7) is 1.45. The Labute approximate surface area is 144 Å². The minimum Gasteiger partial charge on any atom is -0.352 e. The minimum absolute atomic E-state index is 0.0657. The topological polar surface area (TPSA) is 89.1 Å². The van der Waals surface area contributed by atoms with E-state index in [1.165, 1.54) is 0 Å². The third-order valence-electron chi connectivity index (χ3n) is 4.72. The van der Waals surface area contributed by atoms with Crippen molar-refractivity contribution < 1.29 is 9.32 Å². The summed E-state index contributed by atoms with van der Waals surface area (Å²) in [6.07, 6.45) is 2.12. The Hall–Kier alpha value is -2.74. The number of para-hydroxylation sites is 2. The zero-order valence-corrected chi connectivity index (χ0v) is 14.3. The number of hydrogen-bond acceptors (Lipinski definition) is 6. The van der Waals surface area contributed by atoms with Crippen molar-refractivity contribution in [2.24, 2.45) is 7.05 Å². The van der Waals surface area contributed by atoms with Gasteiger partial charge in [-0.05, 0) is 31.5 Å². The van der Waals surface area contributed by atoms with Gasteiger partial charge in [0.15, 0.2) is 0 Å². The average Bonchev–Trinajstić information content (AvgIpc) is 3.35. The molecular weight excluding hydrogens is 320 g/mol. The Kier molecular flexibility index (Phi) is 3.96. The zero-order chi connectivity index (χ0) is 17.4. The second kappa shape index (κ2) is 6.29. The van der Waals surface area contributed by atoms with Gasteiger partial charge in [-0.2, -0.15) is 4.98 Å². The molecule has 8 heteroatoms. The van der Waals surface area contributed by atoms with Crippen LogP contribution in [0, 0.1) is 0 Å². The lowest BCUT2D eigenvalue weighted by Gasteiger charge is -2.22. The molecule has 1 aromatic carbocycles. The van der Waals surface area contributed by atoms with Crippen molar-refractivity contribution in [1.82, 2.24) is 29.9 Å². The predicted octanol–water partition coefficient (Wildman–Crippen LogP) is 1.65. The highest BCUT2D eigenvalue weighted by molar-refractivity contribution is 5.89. The smallest absolute Gasteiger partial charge is 0.292 e. The van der Waals surface area contributed by atoms with Crippen LogP contribution in [0.2, 0.25) is 0 Å². The highest BCUT2D eigenvalue weighted by atomic mass is 16.5. The molecule has 0 spiro atoms. The number of carbonyl (C=O) groups excluding carboxylic acids is 1. The third-order valence-corrected chi connectivity index (χ3v) is 4.72. The van der Waals surface area contributed by atoms with Gasteiger partial charge >= 0.3 is 0 Å². The maximum atomic E-state index is 11.6. The molecule has 3 heterocycles. The molecule has 4 rings (SSSR count). The number of nitrogens with one attached hydrogen (secondary N) is 1. The fraction of sp³-hybridized carbons (Fsp3) is 0.412. The van der Waals surface area contributed by atoms with E-state index >= 15 is 0 Å². The van der Waals surface area contributed by atoms with Gasteiger partial charge in [0.2, 0.25) is 5.89 Å². The number of benzene rings is 1. The van der Waals surface area contributed by atoms with Crippen LogP contribution in [-0.4, -0.2) is 44.1 Å². The Morgan fingerprint density at radius 1 is 1.36 bits per heavy atom. The van der Waals surface area contributed by atoms with E-state index in [0.29, 0.717) is 12.4 Å². The summed E-state index contributed by atoms with van der Waals surface area (Å²) in [5.74, 6) is 1.22. The van der Waals surface area contributed by atoms with E-state index in [9.17, 15) is 4.79 Å². The maximum Gasteiger partial charge on any atom is 0.292 e. The van der Waals surface area contributed by atoms with Crippen molar-refractivity contribution in [3.05, 3.63) is 41.8 Å². The number of fused-ring (bicyclic) bond motifs is 1. The summed E-state index contributed by atoms with van der Waals surface area (Å²) in [7, 11) is 3.60. The lowest BCUT2D eigenvalue weighted by Crippen LogP contribution is -2.25. The number of aromatic nitrogens is 4. The average molecular weight is 340 g/mol. The van der Waals surface area contributed by atoms with Crippen LogP contribution in [0.15, 0.2) is 28.8 Å². The Balaban J connectivity index is 1.58. The van der Waals surface area contributed by atoms with E-state index in [1.54, 1.807) is 7.05 Å². The molecule has 1 saturated heterocycles. The first kappa shape index (κ1) is 15.8. The Bertz CT molecular complexity index is 915. The first-order valence-electron chi connectivity index (χ1n) is 8.37. The van der Waals surface area contributed by atoms with Gasteiger partial charge in [-0.15, -0.1) is 0 Å². The van der Waals surface area contributed by atoms with E-state index in [1.807, 2.05) is 18.2 Å². The summed E-state index contributed by atoms with van der Waals surface area (Å²) in [4.78, 5) is 22.9. The number of amides is 1. The largest absolute Gasteiger partial charge is 0.352 e. The quantitative estimate of drug-likeness (QED) is 0.777. The number of aryl methyl sites for hydroxylation is 1. The Morgan fingerprint density at radius 2 is 2.20 bits per heavy atom. The van der Waals surface area contributed by atoms with Gasteiger partial charge in [-0.3, -0.25) is 9.69 Å². The number of rotatable bonds is 4. The van der Waals surface area contributed by atoms with Gasteiger partial charge in [0.25, 0.3) is 11.7 Å². The number of carbonyl (C=O) groups is 1. The van der Waals surface area contributed by atoms with E-state index in [4.69, 9.17) is 9.51 Å². The molecule has 130 valence electrons. The number of imidazole rings is 1. The van der Waals surface area contributed by atoms with Crippen molar-refractivity contribution in [3.8, 4) is 0 Å². The summed E-state index contributed by atoms with van der Waals surface area (Å²) in [6, 6.07) is 8.35. The number of likely N-dealkylation sites (tertiary alicyclic amines) is 1. The van der Waals surface area contributed by atoms with Gasteiger partial charge in [-0.25, -0.2) is 4.98 Å². The number of hydrogen-bond donors (Lipinski definition) is 1.